The van der Waals surface area contributed by atoms with Crippen molar-refractivity contribution in [2.75, 3.05) is 0 Å². The fraction of sp³-hybridized carbons (Fsp3) is 0.182. The van der Waals surface area contributed by atoms with Gasteiger partial charge in [0.15, 0.2) is 0 Å². The number of ether oxygens (including phenoxy) is 2. The molecule has 0 amide bonds. The number of fused-ring (bicyclic) bond motifs is 3. The number of hydrogen-bond donors (Lipinski definition) is 1. The Labute approximate surface area is 176 Å². The summed E-state index contributed by atoms with van der Waals surface area (Å²) in [4.78, 5) is 26.1. The van der Waals surface area contributed by atoms with E-state index >= 15 is 0 Å². The van der Waals surface area contributed by atoms with Gasteiger partial charge < -0.3 is 15.2 Å². The summed E-state index contributed by atoms with van der Waals surface area (Å²) < 4.78 is 11.8. The molecule has 0 saturated carbocycles. The van der Waals surface area contributed by atoms with Gasteiger partial charge in [-0.1, -0.05) is 53.3 Å². The number of nitrogens with two attached hydrogens (primary N) is 1. The molecule has 1 aliphatic heterocycles. The number of halogens is 1. The number of rotatable bonds is 3. The Morgan fingerprint density at radius 1 is 1.17 bits per heavy atom. The lowest BCUT2D eigenvalue weighted by molar-refractivity contribution is -0.143. The van der Waals surface area contributed by atoms with Crippen LogP contribution in [0.25, 0.3) is 10.1 Å². The van der Waals surface area contributed by atoms with E-state index in [0.29, 0.717) is 21.9 Å². The van der Waals surface area contributed by atoms with Crippen LogP contribution in [0.3, 0.4) is 0 Å². The van der Waals surface area contributed by atoms with E-state index in [9.17, 15) is 9.59 Å². The van der Waals surface area contributed by atoms with Crippen molar-refractivity contribution in [3.05, 3.63) is 85.7 Å². The molecule has 7 heteroatoms. The zero-order chi connectivity index (χ0) is 20.7. The van der Waals surface area contributed by atoms with Crippen molar-refractivity contribution < 1.29 is 14.3 Å². The summed E-state index contributed by atoms with van der Waals surface area (Å²) >= 11 is 7.56. The third-order valence-corrected chi connectivity index (χ3v) is 5.96. The fourth-order valence-electron chi connectivity index (χ4n) is 3.46. The van der Waals surface area contributed by atoms with Gasteiger partial charge in [0.05, 0.1) is 17.6 Å². The predicted octanol–water partition coefficient (Wildman–Crippen LogP) is 4.56. The Morgan fingerprint density at radius 2 is 1.86 bits per heavy atom. The van der Waals surface area contributed by atoms with Gasteiger partial charge in [0.2, 0.25) is 10.6 Å². The molecule has 0 aliphatic carbocycles. The first kappa shape index (κ1) is 19.5. The highest BCUT2D eigenvalue weighted by Gasteiger charge is 2.39. The molecule has 1 aromatic heterocycles. The summed E-state index contributed by atoms with van der Waals surface area (Å²) in [5, 5.41) is 1.17. The van der Waals surface area contributed by atoms with Crippen molar-refractivity contribution in [3.63, 3.8) is 0 Å². The van der Waals surface area contributed by atoms with E-state index in [4.69, 9.17) is 26.8 Å². The molecule has 4 rings (SSSR count). The third-order valence-electron chi connectivity index (χ3n) is 4.63. The summed E-state index contributed by atoms with van der Waals surface area (Å²) in [5.74, 6) is -1.15. The van der Waals surface area contributed by atoms with E-state index in [0.717, 1.165) is 21.4 Å². The van der Waals surface area contributed by atoms with E-state index in [1.165, 1.54) is 0 Å². The molecule has 2 N–H and O–H groups in total. The van der Waals surface area contributed by atoms with Gasteiger partial charge in [-0.3, -0.25) is 4.79 Å². The standard InChI is InChI=1S/C22H18ClNO4S/c1-11(2)27-21(25)18-16(12-7-3-5-9-14(12)23)17-19(28-20(18)24)13-8-4-6-10-15(13)29-22(17)26/h3-11,16H,24H2,1-2H3/t16-/m1/s1. The summed E-state index contributed by atoms with van der Waals surface area (Å²) in [6.07, 6.45) is -0.359. The Kier molecular flexibility index (Phi) is 5.06. The van der Waals surface area contributed by atoms with Crippen LogP contribution in [0.2, 0.25) is 5.02 Å². The molecule has 0 unspecified atom stereocenters. The molecule has 0 spiro atoms. The lowest BCUT2D eigenvalue weighted by Crippen LogP contribution is -2.31. The lowest BCUT2D eigenvalue weighted by atomic mass is 9.83. The van der Waals surface area contributed by atoms with Gasteiger partial charge in [-0.25, -0.2) is 4.79 Å². The van der Waals surface area contributed by atoms with Crippen molar-refractivity contribution >= 4 is 39.0 Å². The molecule has 1 atom stereocenters. The second-order valence-corrected chi connectivity index (χ2v) is 8.34. The summed E-state index contributed by atoms with van der Waals surface area (Å²) in [5.41, 5.74) is 7.22. The molecule has 29 heavy (non-hydrogen) atoms. The van der Waals surface area contributed by atoms with Crippen LogP contribution in [0.5, 0.6) is 5.75 Å². The Bertz CT molecular complexity index is 1210. The van der Waals surface area contributed by atoms with E-state index in [1.54, 1.807) is 38.1 Å². The van der Waals surface area contributed by atoms with Crippen LogP contribution in [0.4, 0.5) is 0 Å². The van der Waals surface area contributed by atoms with E-state index in [1.807, 2.05) is 24.3 Å². The quantitative estimate of drug-likeness (QED) is 0.620. The second kappa shape index (κ2) is 7.54. The molecular weight excluding hydrogens is 410 g/mol. The maximum absolute atomic E-state index is 13.1. The maximum Gasteiger partial charge on any atom is 0.340 e. The normalized spacial score (nSPS) is 15.9. The largest absolute Gasteiger partial charge is 0.459 e. The van der Waals surface area contributed by atoms with E-state index < -0.39 is 11.9 Å². The van der Waals surface area contributed by atoms with Crippen LogP contribution in [0.1, 0.15) is 30.9 Å². The molecule has 148 valence electrons. The van der Waals surface area contributed by atoms with Crippen molar-refractivity contribution in [1.29, 1.82) is 0 Å². The fourth-order valence-corrected chi connectivity index (χ4v) is 4.64. The highest BCUT2D eigenvalue weighted by molar-refractivity contribution is 7.16. The molecule has 0 radical (unpaired) electrons. The zero-order valence-corrected chi connectivity index (χ0v) is 17.3. The highest BCUT2D eigenvalue weighted by atomic mass is 35.5. The topological polar surface area (TPSA) is 78.6 Å². The van der Waals surface area contributed by atoms with Gasteiger partial charge in [0.1, 0.15) is 11.3 Å². The molecular formula is C22H18ClNO4S. The molecule has 3 aromatic rings. The Balaban J connectivity index is 2.05. The molecule has 0 bridgehead atoms. The summed E-state index contributed by atoms with van der Waals surface area (Å²) in [7, 11) is 0. The van der Waals surface area contributed by atoms with Gasteiger partial charge in [0.25, 0.3) is 0 Å². The predicted molar refractivity (Wildman–Crippen MR) is 114 cm³/mol. The zero-order valence-electron chi connectivity index (χ0n) is 15.8. The lowest BCUT2D eigenvalue weighted by Gasteiger charge is -2.29. The average Bonchev–Trinajstić information content (AvgIpc) is 2.67. The van der Waals surface area contributed by atoms with E-state index in [2.05, 4.69) is 0 Å². The van der Waals surface area contributed by atoms with Gasteiger partial charge in [-0.15, -0.1) is 0 Å². The maximum atomic E-state index is 13.1. The smallest absolute Gasteiger partial charge is 0.340 e. The minimum absolute atomic E-state index is 0.0823. The number of esters is 1. The minimum Gasteiger partial charge on any atom is -0.459 e. The third kappa shape index (κ3) is 3.39. The second-order valence-electron chi connectivity index (χ2n) is 6.92. The average molecular weight is 428 g/mol. The highest BCUT2D eigenvalue weighted by Crippen LogP contribution is 2.46. The molecule has 1 aliphatic rings. The number of carbonyl (C=O) groups is 1. The van der Waals surface area contributed by atoms with Crippen LogP contribution >= 0.6 is 22.9 Å². The van der Waals surface area contributed by atoms with Crippen LogP contribution in [-0.2, 0) is 9.53 Å². The Morgan fingerprint density at radius 3 is 2.59 bits per heavy atom. The first-order valence-corrected chi connectivity index (χ1v) is 10.3. The molecule has 0 fully saturated rings. The van der Waals surface area contributed by atoms with Gasteiger partial charge in [-0.05, 0) is 37.6 Å². The number of hydrogen-bond acceptors (Lipinski definition) is 6. The van der Waals surface area contributed by atoms with Gasteiger partial charge >= 0.3 is 5.97 Å². The molecule has 2 aromatic carbocycles. The van der Waals surface area contributed by atoms with Gasteiger partial charge in [-0.2, -0.15) is 0 Å². The first-order valence-electron chi connectivity index (χ1n) is 9.07. The number of benzene rings is 2. The first-order chi connectivity index (χ1) is 13.9. The minimum atomic E-state index is -0.785. The Hall–Kier alpha value is -2.83. The van der Waals surface area contributed by atoms with Crippen LogP contribution < -0.4 is 15.2 Å². The van der Waals surface area contributed by atoms with Crippen LogP contribution in [-0.4, -0.2) is 12.1 Å². The summed E-state index contributed by atoms with van der Waals surface area (Å²) in [6.45, 7) is 3.48. The SMILES string of the molecule is CC(C)OC(=O)C1=C(N)Oc2c(c(=O)sc3ccccc23)[C@H]1c1ccccc1Cl. The van der Waals surface area contributed by atoms with E-state index in [-0.39, 0.29) is 22.3 Å². The molecule has 5 nitrogen and oxygen atoms in total. The monoisotopic (exact) mass is 427 g/mol. The molecule has 2 heterocycles. The van der Waals surface area contributed by atoms with Crippen molar-refractivity contribution in [3.8, 4) is 5.75 Å². The molecule has 0 saturated heterocycles. The van der Waals surface area contributed by atoms with Crippen LogP contribution in [0.15, 0.2) is 64.8 Å². The summed E-state index contributed by atoms with van der Waals surface area (Å²) in [6, 6.07) is 14.5. The number of carbonyl (C=O) groups excluding carboxylic acids is 1. The van der Waals surface area contributed by atoms with Crippen molar-refractivity contribution in [2.24, 2.45) is 5.73 Å². The van der Waals surface area contributed by atoms with Crippen molar-refractivity contribution in [2.45, 2.75) is 25.9 Å². The van der Waals surface area contributed by atoms with Crippen LogP contribution in [0, 0.1) is 0 Å². The van der Waals surface area contributed by atoms with Crippen molar-refractivity contribution in [1.82, 2.24) is 0 Å². The van der Waals surface area contributed by atoms with Gasteiger partial charge in [0, 0.05) is 15.1 Å².